The third kappa shape index (κ3) is 3.28. The zero-order valence-electron chi connectivity index (χ0n) is 13.3. The average Bonchev–Trinajstić information content (AvgIpc) is 3.04. The third-order valence-electron chi connectivity index (χ3n) is 3.51. The minimum Gasteiger partial charge on any atom is -0.497 e. The summed E-state index contributed by atoms with van der Waals surface area (Å²) in [6.45, 7) is 1.89. The van der Waals surface area contributed by atoms with Crippen LogP contribution in [0, 0.1) is 0 Å². The molecule has 2 heterocycles. The largest absolute Gasteiger partial charge is 0.497 e. The fourth-order valence-corrected chi connectivity index (χ4v) is 2.97. The maximum atomic E-state index is 12.5. The van der Waals surface area contributed by atoms with Gasteiger partial charge in [0.15, 0.2) is 0 Å². The molecule has 0 saturated heterocycles. The van der Waals surface area contributed by atoms with Crippen LogP contribution in [0.15, 0.2) is 35.3 Å². The van der Waals surface area contributed by atoms with Crippen molar-refractivity contribution in [3.8, 4) is 5.75 Å². The molecule has 24 heavy (non-hydrogen) atoms. The molecule has 0 atom stereocenters. The lowest BCUT2D eigenvalue weighted by Crippen LogP contribution is -2.27. The van der Waals surface area contributed by atoms with Crippen molar-refractivity contribution in [1.29, 1.82) is 0 Å². The molecule has 0 saturated carbocycles. The molecule has 1 amide bonds. The van der Waals surface area contributed by atoms with Crippen LogP contribution in [0.3, 0.4) is 0 Å². The van der Waals surface area contributed by atoms with E-state index < -0.39 is 0 Å². The Morgan fingerprint density at radius 1 is 1.33 bits per heavy atom. The highest BCUT2D eigenvalue weighted by Gasteiger charge is 2.10. The summed E-state index contributed by atoms with van der Waals surface area (Å²) < 4.78 is 6.52. The molecule has 1 N–H and O–H groups in total. The van der Waals surface area contributed by atoms with E-state index in [1.807, 2.05) is 6.92 Å². The van der Waals surface area contributed by atoms with Gasteiger partial charge in [0.1, 0.15) is 17.3 Å². The van der Waals surface area contributed by atoms with Gasteiger partial charge in [0, 0.05) is 11.6 Å². The maximum Gasteiger partial charge on any atom is 0.258 e. The molecule has 0 unspecified atom stereocenters. The van der Waals surface area contributed by atoms with Crippen molar-refractivity contribution in [1.82, 2.24) is 14.8 Å². The Labute approximate surface area is 141 Å². The Kier molecular flexibility index (Phi) is 4.57. The summed E-state index contributed by atoms with van der Waals surface area (Å²) >= 11 is 1.33. The molecular formula is C16H16N4O3S. The summed E-state index contributed by atoms with van der Waals surface area (Å²) in [7, 11) is 1.57. The number of methoxy groups -OCH3 is 1. The van der Waals surface area contributed by atoms with E-state index in [9.17, 15) is 9.59 Å². The van der Waals surface area contributed by atoms with Crippen molar-refractivity contribution in [3.05, 3.63) is 45.8 Å². The van der Waals surface area contributed by atoms with E-state index >= 15 is 0 Å². The van der Waals surface area contributed by atoms with Gasteiger partial charge in [-0.25, -0.2) is 0 Å². The minimum atomic E-state index is -0.316. The number of rotatable bonds is 5. The van der Waals surface area contributed by atoms with Gasteiger partial charge in [0.25, 0.3) is 5.56 Å². The first-order valence-corrected chi connectivity index (χ1v) is 8.21. The number of benzene rings is 1. The van der Waals surface area contributed by atoms with E-state index in [1.165, 1.54) is 15.9 Å². The van der Waals surface area contributed by atoms with Crippen LogP contribution in [0.25, 0.3) is 10.8 Å². The average molecular weight is 344 g/mol. The molecule has 0 spiro atoms. The number of fused-ring (bicyclic) bond motifs is 1. The Morgan fingerprint density at radius 2 is 2.17 bits per heavy atom. The van der Waals surface area contributed by atoms with Gasteiger partial charge in [-0.15, -0.1) is 10.2 Å². The van der Waals surface area contributed by atoms with Gasteiger partial charge in [0.05, 0.1) is 7.11 Å². The molecule has 0 aliphatic rings. The molecule has 1 aromatic carbocycles. The van der Waals surface area contributed by atoms with Gasteiger partial charge in [-0.2, -0.15) is 0 Å². The summed E-state index contributed by atoms with van der Waals surface area (Å²) in [4.78, 5) is 24.6. The third-order valence-corrected chi connectivity index (χ3v) is 4.50. The number of ether oxygens (including phenoxy) is 1. The number of carbonyl (C=O) groups is 1. The van der Waals surface area contributed by atoms with Crippen LogP contribution < -0.4 is 15.6 Å². The van der Waals surface area contributed by atoms with Crippen LogP contribution in [0.5, 0.6) is 5.75 Å². The second-order valence-electron chi connectivity index (χ2n) is 5.10. The summed E-state index contributed by atoms with van der Waals surface area (Å²) in [5.74, 6) is 0.365. The zero-order chi connectivity index (χ0) is 17.1. The van der Waals surface area contributed by atoms with E-state index in [2.05, 4.69) is 15.5 Å². The van der Waals surface area contributed by atoms with Crippen molar-refractivity contribution in [2.24, 2.45) is 0 Å². The summed E-state index contributed by atoms with van der Waals surface area (Å²) in [5, 5.41) is 13.1. The normalized spacial score (nSPS) is 10.8. The molecule has 7 nitrogen and oxygen atoms in total. The fraction of sp³-hybridized carbons (Fsp3) is 0.250. The first-order valence-electron chi connectivity index (χ1n) is 7.40. The van der Waals surface area contributed by atoms with Crippen LogP contribution in [0.1, 0.15) is 11.9 Å². The van der Waals surface area contributed by atoms with Crippen LogP contribution >= 0.6 is 11.3 Å². The van der Waals surface area contributed by atoms with Crippen molar-refractivity contribution in [3.63, 3.8) is 0 Å². The molecular weight excluding hydrogens is 328 g/mol. The molecule has 0 bridgehead atoms. The number of nitrogens with one attached hydrogen (secondary N) is 1. The molecule has 0 radical (unpaired) electrons. The predicted octanol–water partition coefficient (Wildman–Crippen LogP) is 2.06. The number of pyridine rings is 1. The molecule has 8 heteroatoms. The Hall–Kier alpha value is -2.74. The predicted molar refractivity (Wildman–Crippen MR) is 92.7 cm³/mol. The van der Waals surface area contributed by atoms with Crippen LogP contribution in [-0.4, -0.2) is 27.8 Å². The lowest BCUT2D eigenvalue weighted by molar-refractivity contribution is -0.116. The van der Waals surface area contributed by atoms with Gasteiger partial charge in [0.2, 0.25) is 11.0 Å². The SMILES string of the molecule is CCc1nnc(NC(=O)Cn2ccc3cc(OC)ccc3c2=O)s1. The van der Waals surface area contributed by atoms with Crippen molar-refractivity contribution in [2.45, 2.75) is 19.9 Å². The second-order valence-corrected chi connectivity index (χ2v) is 6.17. The number of carbonyl (C=O) groups excluding carboxylic acids is 1. The van der Waals surface area contributed by atoms with E-state index in [4.69, 9.17) is 4.74 Å². The van der Waals surface area contributed by atoms with Gasteiger partial charge in [-0.05, 0) is 36.1 Å². The van der Waals surface area contributed by atoms with Gasteiger partial charge in [-0.1, -0.05) is 18.3 Å². The number of hydrogen-bond acceptors (Lipinski definition) is 6. The fourth-order valence-electron chi connectivity index (χ4n) is 2.28. The summed E-state index contributed by atoms with van der Waals surface area (Å²) in [6, 6.07) is 6.99. The van der Waals surface area contributed by atoms with Crippen molar-refractivity contribution >= 4 is 33.1 Å². The van der Waals surface area contributed by atoms with Gasteiger partial charge < -0.3 is 9.30 Å². The lowest BCUT2D eigenvalue weighted by atomic mass is 10.1. The maximum absolute atomic E-state index is 12.5. The summed E-state index contributed by atoms with van der Waals surface area (Å²) in [5.41, 5.74) is -0.225. The molecule has 3 rings (SSSR count). The standard InChI is InChI=1S/C16H16N4O3S/c1-3-14-18-19-16(24-14)17-13(21)9-20-7-6-10-8-11(23-2)4-5-12(10)15(20)22/h4-8H,3,9H2,1-2H3,(H,17,19,21). The van der Waals surface area contributed by atoms with Crippen molar-refractivity contribution in [2.75, 3.05) is 12.4 Å². The molecule has 2 aromatic heterocycles. The quantitative estimate of drug-likeness (QED) is 0.766. The summed E-state index contributed by atoms with van der Waals surface area (Å²) in [6.07, 6.45) is 2.36. The number of nitrogens with zero attached hydrogens (tertiary/aromatic N) is 3. The lowest BCUT2D eigenvalue weighted by Gasteiger charge is -2.07. The monoisotopic (exact) mass is 344 g/mol. The highest BCUT2D eigenvalue weighted by Crippen LogP contribution is 2.18. The van der Waals surface area contributed by atoms with Gasteiger partial charge >= 0.3 is 0 Å². The van der Waals surface area contributed by atoms with Gasteiger partial charge in [-0.3, -0.25) is 14.9 Å². The van der Waals surface area contributed by atoms with Crippen LogP contribution in [0.4, 0.5) is 5.13 Å². The topological polar surface area (TPSA) is 86.1 Å². The highest BCUT2D eigenvalue weighted by atomic mass is 32.1. The zero-order valence-corrected chi connectivity index (χ0v) is 14.1. The highest BCUT2D eigenvalue weighted by molar-refractivity contribution is 7.15. The number of aromatic nitrogens is 3. The van der Waals surface area contributed by atoms with E-state index in [0.717, 1.165) is 16.8 Å². The minimum absolute atomic E-state index is 0.0815. The molecule has 0 fully saturated rings. The number of amides is 1. The molecule has 3 aromatic rings. The van der Waals surface area contributed by atoms with Crippen LogP contribution in [0.2, 0.25) is 0 Å². The van der Waals surface area contributed by atoms with Crippen molar-refractivity contribution < 1.29 is 9.53 Å². The second kappa shape index (κ2) is 6.79. The Bertz CT molecular complexity index is 948. The molecule has 0 aliphatic carbocycles. The van der Waals surface area contributed by atoms with Crippen LogP contribution in [-0.2, 0) is 17.8 Å². The first kappa shape index (κ1) is 16.1. The van der Waals surface area contributed by atoms with E-state index in [-0.39, 0.29) is 18.0 Å². The number of aryl methyl sites for hydroxylation is 1. The van der Waals surface area contributed by atoms with E-state index in [1.54, 1.807) is 37.6 Å². The molecule has 124 valence electrons. The molecule has 0 aliphatic heterocycles. The Balaban J connectivity index is 1.80. The smallest absolute Gasteiger partial charge is 0.258 e. The number of anilines is 1. The Morgan fingerprint density at radius 3 is 2.88 bits per heavy atom. The first-order chi connectivity index (χ1) is 11.6. The number of hydrogen-bond donors (Lipinski definition) is 1. The van der Waals surface area contributed by atoms with E-state index in [0.29, 0.717) is 16.3 Å².